The molecule has 0 unspecified atom stereocenters. The summed E-state index contributed by atoms with van der Waals surface area (Å²) in [4.78, 5) is 23.9. The first-order valence-electron chi connectivity index (χ1n) is 8.43. The molecule has 0 saturated carbocycles. The molecule has 0 aromatic heterocycles. The number of rotatable bonds is 7. The zero-order valence-corrected chi connectivity index (χ0v) is 16.5. The number of carbonyl (C=O) groups excluding carboxylic acids is 2. The van der Waals surface area contributed by atoms with Gasteiger partial charge in [-0.25, -0.2) is 21.9 Å². The molecule has 0 atom stereocenters. The topological polar surface area (TPSA) is 92.8 Å². The number of hydrogen-bond donors (Lipinski definition) is 1. The van der Waals surface area contributed by atoms with E-state index in [1.54, 1.807) is 12.1 Å². The van der Waals surface area contributed by atoms with Crippen LogP contribution >= 0.6 is 0 Å². The van der Waals surface area contributed by atoms with Gasteiger partial charge in [-0.05, 0) is 36.2 Å². The number of anilines is 1. The minimum absolute atomic E-state index is 0.257. The molecule has 2 aromatic carbocycles. The quantitative estimate of drug-likeness (QED) is 0.711. The summed E-state index contributed by atoms with van der Waals surface area (Å²) in [5.41, 5.74) is 0.941. The van der Waals surface area contributed by atoms with Gasteiger partial charge in [0, 0.05) is 19.8 Å². The first-order chi connectivity index (χ1) is 13.2. The molecule has 0 aliphatic heterocycles. The molecule has 0 fully saturated rings. The molecule has 2 rings (SSSR count). The van der Waals surface area contributed by atoms with E-state index in [2.05, 4.69) is 5.32 Å². The number of aryl methyl sites for hydroxylation is 1. The maximum absolute atomic E-state index is 14.0. The number of benzene rings is 2. The smallest absolute Gasteiger partial charge is 0.341 e. The minimum atomic E-state index is -3.85. The molecule has 7 nitrogen and oxygen atoms in total. The van der Waals surface area contributed by atoms with E-state index in [9.17, 15) is 22.4 Å². The number of nitrogens with one attached hydrogen (secondary N) is 1. The van der Waals surface area contributed by atoms with Crippen molar-refractivity contribution < 1.29 is 27.1 Å². The number of nitrogens with zero attached hydrogens (tertiary/aromatic N) is 1. The van der Waals surface area contributed by atoms with Gasteiger partial charge >= 0.3 is 5.97 Å². The van der Waals surface area contributed by atoms with Crippen molar-refractivity contribution in [1.82, 2.24) is 4.31 Å². The Balaban J connectivity index is 2.10. The zero-order valence-electron chi connectivity index (χ0n) is 15.7. The Kier molecular flexibility index (Phi) is 6.87. The van der Waals surface area contributed by atoms with Gasteiger partial charge in [-0.3, -0.25) is 4.79 Å². The summed E-state index contributed by atoms with van der Waals surface area (Å²) < 4.78 is 44.0. The van der Waals surface area contributed by atoms with E-state index in [0.29, 0.717) is 12.1 Å². The van der Waals surface area contributed by atoms with Crippen molar-refractivity contribution in [3.63, 3.8) is 0 Å². The molecule has 0 aliphatic rings. The third-order valence-electron chi connectivity index (χ3n) is 3.94. The lowest BCUT2D eigenvalue weighted by atomic mass is 10.1. The van der Waals surface area contributed by atoms with Crippen LogP contribution in [0.3, 0.4) is 0 Å². The van der Waals surface area contributed by atoms with Gasteiger partial charge in [0.2, 0.25) is 10.0 Å². The Labute approximate surface area is 163 Å². The van der Waals surface area contributed by atoms with Crippen molar-refractivity contribution in [1.29, 1.82) is 0 Å². The molecule has 9 heteroatoms. The third-order valence-corrected chi connectivity index (χ3v) is 5.75. The van der Waals surface area contributed by atoms with E-state index in [-0.39, 0.29) is 4.90 Å². The highest BCUT2D eigenvalue weighted by Crippen LogP contribution is 2.19. The van der Waals surface area contributed by atoms with Crippen LogP contribution in [0.1, 0.15) is 22.8 Å². The van der Waals surface area contributed by atoms with Gasteiger partial charge in [0.1, 0.15) is 5.82 Å². The number of esters is 1. The van der Waals surface area contributed by atoms with Gasteiger partial charge in [-0.15, -0.1) is 0 Å². The van der Waals surface area contributed by atoms with Crippen LogP contribution in [-0.4, -0.2) is 45.3 Å². The highest BCUT2D eigenvalue weighted by Gasteiger charge is 2.22. The number of sulfonamides is 1. The van der Waals surface area contributed by atoms with Crippen molar-refractivity contribution in [3.05, 3.63) is 59.4 Å². The number of hydrogen-bond acceptors (Lipinski definition) is 5. The van der Waals surface area contributed by atoms with Gasteiger partial charge in [-0.1, -0.05) is 25.1 Å². The van der Waals surface area contributed by atoms with Crippen molar-refractivity contribution >= 4 is 27.6 Å². The Bertz CT molecular complexity index is 990. The second kappa shape index (κ2) is 8.94. The average molecular weight is 408 g/mol. The molecule has 0 heterocycles. The van der Waals surface area contributed by atoms with Gasteiger partial charge in [-0.2, -0.15) is 0 Å². The molecule has 0 bridgehead atoms. The fourth-order valence-corrected chi connectivity index (χ4v) is 3.31. The van der Waals surface area contributed by atoms with E-state index in [1.165, 1.54) is 14.1 Å². The lowest BCUT2D eigenvalue weighted by Gasteiger charge is -2.13. The number of para-hydroxylation sites is 1. The van der Waals surface area contributed by atoms with Crippen LogP contribution in [0.5, 0.6) is 0 Å². The zero-order chi connectivity index (χ0) is 20.9. The number of amides is 1. The Morgan fingerprint density at radius 2 is 1.82 bits per heavy atom. The molecule has 0 saturated heterocycles. The maximum Gasteiger partial charge on any atom is 0.341 e. The van der Waals surface area contributed by atoms with Crippen molar-refractivity contribution in [3.8, 4) is 0 Å². The van der Waals surface area contributed by atoms with Crippen LogP contribution in [-0.2, 0) is 26.0 Å². The second-order valence-electron chi connectivity index (χ2n) is 6.06. The van der Waals surface area contributed by atoms with Crippen LogP contribution in [0.4, 0.5) is 10.1 Å². The average Bonchev–Trinajstić information content (AvgIpc) is 2.66. The summed E-state index contributed by atoms with van der Waals surface area (Å²) in [6.45, 7) is 1.30. The van der Waals surface area contributed by atoms with Crippen LogP contribution in [0.2, 0.25) is 0 Å². The lowest BCUT2D eigenvalue weighted by molar-refractivity contribution is -0.119. The van der Waals surface area contributed by atoms with Gasteiger partial charge < -0.3 is 10.1 Å². The summed E-state index contributed by atoms with van der Waals surface area (Å²) in [6.07, 6.45) is 0.703. The summed E-state index contributed by atoms with van der Waals surface area (Å²) in [5, 5.41) is 2.62. The van der Waals surface area contributed by atoms with E-state index in [0.717, 1.165) is 28.1 Å². The van der Waals surface area contributed by atoms with E-state index in [4.69, 9.17) is 4.74 Å². The predicted molar refractivity (Wildman–Crippen MR) is 102 cm³/mol. The van der Waals surface area contributed by atoms with Crippen LogP contribution in [0, 0.1) is 5.82 Å². The molecule has 1 amide bonds. The first kappa shape index (κ1) is 21.5. The van der Waals surface area contributed by atoms with Crippen molar-refractivity contribution in [2.75, 3.05) is 26.0 Å². The normalized spacial score (nSPS) is 11.3. The summed E-state index contributed by atoms with van der Waals surface area (Å²) >= 11 is 0. The SMILES string of the molecule is CCc1ccccc1NC(=O)COC(=O)c1cc(S(=O)(=O)N(C)C)ccc1F. The first-order valence-corrected chi connectivity index (χ1v) is 9.87. The van der Waals surface area contributed by atoms with Gasteiger partial charge in [0.05, 0.1) is 10.5 Å². The summed E-state index contributed by atoms with van der Waals surface area (Å²) in [6, 6.07) is 9.97. The van der Waals surface area contributed by atoms with Gasteiger partial charge in [0.15, 0.2) is 6.61 Å². The number of carbonyl (C=O) groups is 2. The minimum Gasteiger partial charge on any atom is -0.452 e. The fourth-order valence-electron chi connectivity index (χ4n) is 2.38. The monoisotopic (exact) mass is 408 g/mol. The number of halogens is 1. The molecule has 1 N–H and O–H groups in total. The van der Waals surface area contributed by atoms with Gasteiger partial charge in [0.25, 0.3) is 5.91 Å². The molecular weight excluding hydrogens is 387 g/mol. The van der Waals surface area contributed by atoms with E-state index < -0.39 is 39.9 Å². The second-order valence-corrected chi connectivity index (χ2v) is 8.22. The predicted octanol–water partition coefficient (Wildman–Crippen LogP) is 2.43. The Morgan fingerprint density at radius 3 is 2.46 bits per heavy atom. The third kappa shape index (κ3) is 4.93. The van der Waals surface area contributed by atoms with E-state index in [1.807, 2.05) is 19.1 Å². The number of ether oxygens (including phenoxy) is 1. The van der Waals surface area contributed by atoms with E-state index >= 15 is 0 Å². The highest BCUT2D eigenvalue weighted by molar-refractivity contribution is 7.89. The van der Waals surface area contributed by atoms with Crippen LogP contribution < -0.4 is 5.32 Å². The molecule has 28 heavy (non-hydrogen) atoms. The van der Waals surface area contributed by atoms with Crippen molar-refractivity contribution in [2.24, 2.45) is 0 Å². The largest absolute Gasteiger partial charge is 0.452 e. The lowest BCUT2D eigenvalue weighted by Crippen LogP contribution is -2.24. The Morgan fingerprint density at radius 1 is 1.14 bits per heavy atom. The molecule has 150 valence electrons. The molecular formula is C19H21FN2O5S. The molecule has 0 radical (unpaired) electrons. The summed E-state index contributed by atoms with van der Waals surface area (Å²) in [7, 11) is -1.22. The van der Waals surface area contributed by atoms with Crippen molar-refractivity contribution in [2.45, 2.75) is 18.2 Å². The maximum atomic E-state index is 14.0. The standard InChI is InChI=1S/C19H21FN2O5S/c1-4-13-7-5-6-8-17(13)21-18(23)12-27-19(24)15-11-14(9-10-16(15)20)28(25,26)22(2)3/h5-11H,4,12H2,1-3H3,(H,21,23). The molecule has 2 aromatic rings. The molecule has 0 aliphatic carbocycles. The Hall–Kier alpha value is -2.78. The highest BCUT2D eigenvalue weighted by atomic mass is 32.2. The van der Waals surface area contributed by atoms with Crippen LogP contribution in [0.15, 0.2) is 47.4 Å². The fraction of sp³-hybridized carbons (Fsp3) is 0.263. The summed E-state index contributed by atoms with van der Waals surface area (Å²) in [5.74, 6) is -2.67. The van der Waals surface area contributed by atoms with Crippen LogP contribution in [0.25, 0.3) is 0 Å². The molecule has 0 spiro atoms.